The highest BCUT2D eigenvalue weighted by Gasteiger charge is 2.10. The Balaban J connectivity index is 2.97. The number of benzene rings is 1. The van der Waals surface area contributed by atoms with Crippen molar-refractivity contribution in [3.05, 3.63) is 24.3 Å². The standard InChI is InChI=1S/C8H10ClNO4S2/c1-15(11,12)8-4-2-7(3-5-8)10-16(13,14)6-9/h2-5,10H,6H2,1H3. The summed E-state index contributed by atoms with van der Waals surface area (Å²) in [5.41, 5.74) is 0.271. The Morgan fingerprint density at radius 3 is 2.00 bits per heavy atom. The Hall–Kier alpha value is -0.790. The monoisotopic (exact) mass is 283 g/mol. The van der Waals surface area contributed by atoms with Crippen molar-refractivity contribution in [2.24, 2.45) is 0 Å². The van der Waals surface area contributed by atoms with Crippen molar-refractivity contribution in [2.75, 3.05) is 16.2 Å². The van der Waals surface area contributed by atoms with Crippen LogP contribution in [0.2, 0.25) is 0 Å². The van der Waals surface area contributed by atoms with E-state index in [2.05, 4.69) is 4.72 Å². The Labute approximate surface area is 99.4 Å². The summed E-state index contributed by atoms with van der Waals surface area (Å²) in [6.45, 7) is 0. The summed E-state index contributed by atoms with van der Waals surface area (Å²) in [5, 5.41) is -0.555. The number of anilines is 1. The molecule has 0 spiro atoms. The zero-order valence-corrected chi connectivity index (χ0v) is 10.7. The molecule has 16 heavy (non-hydrogen) atoms. The summed E-state index contributed by atoms with van der Waals surface area (Å²) in [6, 6.07) is 5.36. The Kier molecular flexibility index (Phi) is 3.82. The van der Waals surface area contributed by atoms with E-state index in [9.17, 15) is 16.8 Å². The van der Waals surface area contributed by atoms with Crippen LogP contribution in [0.25, 0.3) is 0 Å². The van der Waals surface area contributed by atoms with Crippen LogP contribution in [0, 0.1) is 0 Å². The number of rotatable bonds is 4. The van der Waals surface area contributed by atoms with E-state index in [1.807, 2.05) is 0 Å². The van der Waals surface area contributed by atoms with E-state index >= 15 is 0 Å². The average molecular weight is 284 g/mol. The molecule has 0 saturated heterocycles. The van der Waals surface area contributed by atoms with Crippen molar-refractivity contribution >= 4 is 37.1 Å². The van der Waals surface area contributed by atoms with E-state index in [0.717, 1.165) is 6.26 Å². The molecule has 1 aromatic rings. The molecule has 8 heteroatoms. The van der Waals surface area contributed by atoms with Gasteiger partial charge in [-0.3, -0.25) is 4.72 Å². The number of alkyl halides is 1. The van der Waals surface area contributed by atoms with Gasteiger partial charge < -0.3 is 0 Å². The molecule has 0 bridgehead atoms. The molecule has 1 aromatic carbocycles. The minimum Gasteiger partial charge on any atom is -0.283 e. The van der Waals surface area contributed by atoms with Gasteiger partial charge in [0.1, 0.15) is 5.21 Å². The van der Waals surface area contributed by atoms with Crippen molar-refractivity contribution in [1.29, 1.82) is 0 Å². The lowest BCUT2D eigenvalue weighted by molar-refractivity contribution is 0.601. The first-order valence-electron chi connectivity index (χ1n) is 4.11. The maximum atomic E-state index is 11.1. The number of nitrogens with one attached hydrogen (secondary N) is 1. The van der Waals surface area contributed by atoms with E-state index in [-0.39, 0.29) is 10.6 Å². The maximum absolute atomic E-state index is 11.1. The first-order valence-corrected chi connectivity index (χ1v) is 8.19. The van der Waals surface area contributed by atoms with Gasteiger partial charge in [0.25, 0.3) is 0 Å². The van der Waals surface area contributed by atoms with Gasteiger partial charge >= 0.3 is 0 Å². The molecule has 5 nitrogen and oxygen atoms in total. The SMILES string of the molecule is CS(=O)(=O)c1ccc(NS(=O)(=O)CCl)cc1. The van der Waals surface area contributed by atoms with Crippen molar-refractivity contribution in [2.45, 2.75) is 4.90 Å². The summed E-state index contributed by atoms with van der Waals surface area (Å²) in [5.74, 6) is 0. The summed E-state index contributed by atoms with van der Waals surface area (Å²) < 4.78 is 46.6. The van der Waals surface area contributed by atoms with Crippen LogP contribution in [0.5, 0.6) is 0 Å². The Morgan fingerprint density at radius 2 is 1.62 bits per heavy atom. The van der Waals surface area contributed by atoms with Crippen LogP contribution in [-0.4, -0.2) is 28.3 Å². The van der Waals surface area contributed by atoms with Crippen molar-refractivity contribution in [3.63, 3.8) is 0 Å². The normalized spacial score (nSPS) is 12.4. The zero-order chi connectivity index (χ0) is 12.4. The van der Waals surface area contributed by atoms with Gasteiger partial charge in [0.2, 0.25) is 10.0 Å². The highest BCUT2D eigenvalue weighted by Crippen LogP contribution is 2.15. The topological polar surface area (TPSA) is 80.3 Å². The number of halogens is 1. The molecule has 0 aliphatic carbocycles. The van der Waals surface area contributed by atoms with Gasteiger partial charge in [-0.15, -0.1) is 11.6 Å². The number of hydrogen-bond acceptors (Lipinski definition) is 4. The zero-order valence-electron chi connectivity index (χ0n) is 8.34. The molecule has 0 amide bonds. The molecule has 0 saturated carbocycles. The van der Waals surface area contributed by atoms with Gasteiger partial charge in [0.15, 0.2) is 9.84 Å². The molecule has 0 aliphatic heterocycles. The van der Waals surface area contributed by atoms with E-state index < -0.39 is 25.1 Å². The lowest BCUT2D eigenvalue weighted by Gasteiger charge is -2.05. The molecule has 0 fully saturated rings. The molecule has 0 aromatic heterocycles. The highest BCUT2D eigenvalue weighted by atomic mass is 35.5. The summed E-state index contributed by atoms with van der Waals surface area (Å²) >= 11 is 5.20. The van der Waals surface area contributed by atoms with Gasteiger partial charge in [-0.05, 0) is 24.3 Å². The third kappa shape index (κ3) is 3.66. The van der Waals surface area contributed by atoms with Gasteiger partial charge in [-0.25, -0.2) is 16.8 Å². The van der Waals surface area contributed by atoms with Crippen LogP contribution < -0.4 is 4.72 Å². The van der Waals surface area contributed by atoms with Crippen LogP contribution in [0.4, 0.5) is 5.69 Å². The van der Waals surface area contributed by atoms with Gasteiger partial charge in [0.05, 0.1) is 4.90 Å². The van der Waals surface area contributed by atoms with Crippen LogP contribution in [0.3, 0.4) is 0 Å². The fourth-order valence-corrected chi connectivity index (χ4v) is 2.32. The summed E-state index contributed by atoms with van der Waals surface area (Å²) in [7, 11) is -6.83. The molecule has 0 aliphatic rings. The molecule has 0 atom stereocenters. The summed E-state index contributed by atoms with van der Waals surface area (Å²) in [6.07, 6.45) is 1.07. The van der Waals surface area contributed by atoms with Gasteiger partial charge in [-0.1, -0.05) is 0 Å². The minimum atomic E-state index is -3.55. The lowest BCUT2D eigenvalue weighted by Crippen LogP contribution is -2.13. The third-order valence-corrected chi connectivity index (χ3v) is 4.52. The fourth-order valence-electron chi connectivity index (χ4n) is 0.977. The van der Waals surface area contributed by atoms with Gasteiger partial charge in [-0.2, -0.15) is 0 Å². The van der Waals surface area contributed by atoms with E-state index in [1.54, 1.807) is 0 Å². The fraction of sp³-hybridized carbons (Fsp3) is 0.250. The van der Waals surface area contributed by atoms with E-state index in [4.69, 9.17) is 11.6 Å². The quantitative estimate of drug-likeness (QED) is 0.837. The highest BCUT2D eigenvalue weighted by molar-refractivity contribution is 7.93. The average Bonchev–Trinajstić information content (AvgIpc) is 2.16. The second kappa shape index (κ2) is 4.60. The van der Waals surface area contributed by atoms with E-state index in [0.29, 0.717) is 0 Å². The van der Waals surface area contributed by atoms with Crippen molar-refractivity contribution < 1.29 is 16.8 Å². The van der Waals surface area contributed by atoms with Crippen molar-refractivity contribution in [3.8, 4) is 0 Å². The second-order valence-electron chi connectivity index (χ2n) is 3.12. The third-order valence-electron chi connectivity index (χ3n) is 1.70. The van der Waals surface area contributed by atoms with Gasteiger partial charge in [0, 0.05) is 11.9 Å². The molecule has 90 valence electrons. The van der Waals surface area contributed by atoms with Crippen LogP contribution in [0.1, 0.15) is 0 Å². The van der Waals surface area contributed by atoms with E-state index in [1.165, 1.54) is 24.3 Å². The lowest BCUT2D eigenvalue weighted by atomic mass is 10.3. The predicted octanol–water partition coefficient (Wildman–Crippen LogP) is 1.03. The molecule has 0 unspecified atom stereocenters. The molecule has 1 rings (SSSR count). The number of sulfone groups is 1. The number of sulfonamides is 1. The summed E-state index contributed by atoms with van der Waals surface area (Å²) in [4.78, 5) is 0.126. The largest absolute Gasteiger partial charge is 0.283 e. The van der Waals surface area contributed by atoms with Crippen LogP contribution in [0.15, 0.2) is 29.2 Å². The minimum absolute atomic E-state index is 0.126. The van der Waals surface area contributed by atoms with Crippen molar-refractivity contribution in [1.82, 2.24) is 0 Å². The molecular weight excluding hydrogens is 274 g/mol. The Bertz CT molecular complexity index is 563. The molecule has 0 heterocycles. The van der Waals surface area contributed by atoms with Crippen LogP contribution >= 0.6 is 11.6 Å². The Morgan fingerprint density at radius 1 is 1.12 bits per heavy atom. The first-order chi connectivity index (χ1) is 7.24. The second-order valence-corrected chi connectivity index (χ2v) is 7.44. The first kappa shape index (κ1) is 13.3. The molecular formula is C8H10ClNO4S2. The smallest absolute Gasteiger partial charge is 0.246 e. The van der Waals surface area contributed by atoms with Crippen LogP contribution in [-0.2, 0) is 19.9 Å². The molecule has 1 N–H and O–H groups in total. The maximum Gasteiger partial charge on any atom is 0.246 e. The molecule has 0 radical (unpaired) electrons. The predicted molar refractivity (Wildman–Crippen MR) is 62.8 cm³/mol. The number of hydrogen-bond donors (Lipinski definition) is 1.